The molecule has 1 fully saturated rings. The van der Waals surface area contributed by atoms with Crippen molar-refractivity contribution in [1.82, 2.24) is 10.2 Å². The Hall–Kier alpha value is -1.64. The van der Waals surface area contributed by atoms with E-state index in [0.717, 1.165) is 25.6 Å². The van der Waals surface area contributed by atoms with Gasteiger partial charge in [-0.15, -0.1) is 0 Å². The Morgan fingerprint density at radius 2 is 1.50 bits per heavy atom. The lowest BCUT2D eigenvalue weighted by atomic mass is 9.97. The fraction of sp³-hybridized carbons (Fsp3) is 0.400. The smallest absolute Gasteiger partial charge is 0.0240 e. The van der Waals surface area contributed by atoms with Crippen molar-refractivity contribution in [3.05, 3.63) is 71.8 Å². The molecule has 2 nitrogen and oxygen atoms in total. The molecule has 0 amide bonds. The molecule has 2 aromatic rings. The molecule has 3 rings (SSSR count). The molecule has 2 unspecified atom stereocenters. The molecule has 1 N–H and O–H groups in total. The van der Waals surface area contributed by atoms with E-state index in [1.165, 1.54) is 24.1 Å². The second-order valence-corrected chi connectivity index (χ2v) is 6.37. The van der Waals surface area contributed by atoms with Crippen LogP contribution in [0.5, 0.6) is 0 Å². The summed E-state index contributed by atoms with van der Waals surface area (Å²) in [5.41, 5.74) is 2.80. The summed E-state index contributed by atoms with van der Waals surface area (Å²) in [6, 6.07) is 22.3. The zero-order chi connectivity index (χ0) is 15.2. The summed E-state index contributed by atoms with van der Waals surface area (Å²) in [6.45, 7) is 6.76. The van der Waals surface area contributed by atoms with Gasteiger partial charge < -0.3 is 5.32 Å². The second kappa shape index (κ2) is 7.57. The molecule has 0 spiro atoms. The summed E-state index contributed by atoms with van der Waals surface area (Å²) >= 11 is 0. The largest absolute Gasteiger partial charge is 0.316 e. The highest BCUT2D eigenvalue weighted by molar-refractivity contribution is 5.17. The Labute approximate surface area is 134 Å². The average molecular weight is 294 g/mol. The third-order valence-electron chi connectivity index (χ3n) is 4.81. The molecule has 0 saturated carbocycles. The van der Waals surface area contributed by atoms with Crippen LogP contribution in [0.2, 0.25) is 0 Å². The summed E-state index contributed by atoms with van der Waals surface area (Å²) in [5, 5.41) is 3.51. The van der Waals surface area contributed by atoms with Crippen LogP contribution >= 0.6 is 0 Å². The van der Waals surface area contributed by atoms with E-state index >= 15 is 0 Å². The van der Waals surface area contributed by atoms with Crippen molar-refractivity contribution >= 4 is 0 Å². The van der Waals surface area contributed by atoms with Crippen molar-refractivity contribution in [2.75, 3.05) is 13.1 Å². The molecule has 1 aliphatic heterocycles. The summed E-state index contributed by atoms with van der Waals surface area (Å²) in [7, 11) is 0. The van der Waals surface area contributed by atoms with E-state index in [9.17, 15) is 0 Å². The van der Waals surface area contributed by atoms with Crippen LogP contribution in [0, 0.1) is 5.92 Å². The van der Waals surface area contributed by atoms with Gasteiger partial charge in [0.2, 0.25) is 0 Å². The Bertz CT molecular complexity index is 505. The maximum atomic E-state index is 3.51. The first-order valence-electron chi connectivity index (χ1n) is 8.35. The van der Waals surface area contributed by atoms with Gasteiger partial charge in [0.15, 0.2) is 0 Å². The molecular formula is C20H26N2. The molecule has 0 bridgehead atoms. The van der Waals surface area contributed by atoms with Gasteiger partial charge in [-0.1, -0.05) is 60.7 Å². The fourth-order valence-electron chi connectivity index (χ4n) is 3.37. The van der Waals surface area contributed by atoms with Crippen molar-refractivity contribution in [2.24, 2.45) is 5.92 Å². The molecule has 1 saturated heterocycles. The molecule has 2 aromatic carbocycles. The van der Waals surface area contributed by atoms with Crippen LogP contribution in [0.3, 0.4) is 0 Å². The minimum absolute atomic E-state index is 0.593. The van der Waals surface area contributed by atoms with Crippen LogP contribution in [0.25, 0.3) is 0 Å². The normalized spacial score (nSPS) is 19.5. The molecule has 1 aliphatic rings. The van der Waals surface area contributed by atoms with Crippen LogP contribution in [0.4, 0.5) is 0 Å². The van der Waals surface area contributed by atoms with Gasteiger partial charge in [-0.3, -0.25) is 4.90 Å². The molecule has 0 aliphatic carbocycles. The predicted molar refractivity (Wildman–Crippen MR) is 92.6 cm³/mol. The Balaban J connectivity index is 1.75. The highest BCUT2D eigenvalue weighted by atomic mass is 15.2. The highest BCUT2D eigenvalue weighted by Crippen LogP contribution is 2.22. The lowest BCUT2D eigenvalue weighted by Gasteiger charge is -2.33. The van der Waals surface area contributed by atoms with Crippen LogP contribution in [0.15, 0.2) is 60.7 Å². The number of nitrogens with one attached hydrogen (secondary N) is 1. The number of hydrogen-bond acceptors (Lipinski definition) is 2. The maximum absolute atomic E-state index is 3.51. The van der Waals surface area contributed by atoms with Gasteiger partial charge in [0, 0.05) is 19.1 Å². The number of benzene rings is 2. The highest BCUT2D eigenvalue weighted by Gasteiger charge is 2.26. The van der Waals surface area contributed by atoms with Crippen molar-refractivity contribution in [1.29, 1.82) is 0 Å². The van der Waals surface area contributed by atoms with Crippen molar-refractivity contribution in [3.8, 4) is 0 Å². The minimum atomic E-state index is 0.593. The first kappa shape index (κ1) is 15.3. The zero-order valence-electron chi connectivity index (χ0n) is 13.4. The van der Waals surface area contributed by atoms with Gasteiger partial charge in [0.05, 0.1) is 0 Å². The lowest BCUT2D eigenvalue weighted by Crippen LogP contribution is -2.38. The first-order valence-corrected chi connectivity index (χ1v) is 8.35. The summed E-state index contributed by atoms with van der Waals surface area (Å²) < 4.78 is 0. The van der Waals surface area contributed by atoms with Gasteiger partial charge in [0.1, 0.15) is 0 Å². The van der Waals surface area contributed by atoms with E-state index < -0.39 is 0 Å². The number of nitrogens with zero attached hydrogens (tertiary/aromatic N) is 1. The third kappa shape index (κ3) is 3.96. The van der Waals surface area contributed by atoms with Gasteiger partial charge in [-0.25, -0.2) is 0 Å². The second-order valence-electron chi connectivity index (χ2n) is 6.37. The Morgan fingerprint density at radius 3 is 1.95 bits per heavy atom. The number of rotatable bonds is 6. The topological polar surface area (TPSA) is 15.3 Å². The molecule has 22 heavy (non-hydrogen) atoms. The minimum Gasteiger partial charge on any atom is -0.316 e. The standard InChI is InChI=1S/C20H26N2/c1-17(20-12-13-21-14-20)22(15-18-8-4-2-5-9-18)16-19-10-6-3-7-11-19/h2-11,17,20-21H,12-16H2,1H3. The van der Waals surface area contributed by atoms with E-state index in [1.54, 1.807) is 0 Å². The first-order chi connectivity index (χ1) is 10.8. The molecule has 116 valence electrons. The van der Waals surface area contributed by atoms with Crippen LogP contribution in [-0.4, -0.2) is 24.0 Å². The Kier molecular flexibility index (Phi) is 5.25. The molecule has 0 radical (unpaired) electrons. The monoisotopic (exact) mass is 294 g/mol. The maximum Gasteiger partial charge on any atom is 0.0240 e. The molecule has 0 aromatic heterocycles. The van der Waals surface area contributed by atoms with Crippen molar-refractivity contribution in [2.45, 2.75) is 32.5 Å². The van der Waals surface area contributed by atoms with Gasteiger partial charge in [-0.05, 0) is 43.5 Å². The van der Waals surface area contributed by atoms with Gasteiger partial charge in [-0.2, -0.15) is 0 Å². The van der Waals surface area contributed by atoms with Crippen LogP contribution in [0.1, 0.15) is 24.5 Å². The predicted octanol–water partition coefficient (Wildman–Crippen LogP) is 3.69. The van der Waals surface area contributed by atoms with Crippen LogP contribution in [-0.2, 0) is 13.1 Å². The van der Waals surface area contributed by atoms with Crippen LogP contribution < -0.4 is 5.32 Å². The van der Waals surface area contributed by atoms with Crippen molar-refractivity contribution < 1.29 is 0 Å². The average Bonchev–Trinajstić information content (AvgIpc) is 3.10. The van der Waals surface area contributed by atoms with Crippen molar-refractivity contribution in [3.63, 3.8) is 0 Å². The SMILES string of the molecule is CC(C1CCNC1)N(Cc1ccccc1)Cc1ccccc1. The summed E-state index contributed by atoms with van der Waals surface area (Å²) in [6.07, 6.45) is 1.29. The summed E-state index contributed by atoms with van der Waals surface area (Å²) in [5.74, 6) is 0.757. The third-order valence-corrected chi connectivity index (χ3v) is 4.81. The lowest BCUT2D eigenvalue weighted by molar-refractivity contribution is 0.144. The zero-order valence-corrected chi connectivity index (χ0v) is 13.4. The van der Waals surface area contributed by atoms with E-state index in [1.807, 2.05) is 0 Å². The van der Waals surface area contributed by atoms with E-state index in [-0.39, 0.29) is 0 Å². The molecular weight excluding hydrogens is 268 g/mol. The van der Waals surface area contributed by atoms with Gasteiger partial charge in [0.25, 0.3) is 0 Å². The van der Waals surface area contributed by atoms with E-state index in [4.69, 9.17) is 0 Å². The fourth-order valence-corrected chi connectivity index (χ4v) is 3.37. The van der Waals surface area contributed by atoms with E-state index in [2.05, 4.69) is 77.8 Å². The van der Waals surface area contributed by atoms with Gasteiger partial charge >= 0.3 is 0 Å². The molecule has 2 heteroatoms. The Morgan fingerprint density at radius 1 is 0.955 bits per heavy atom. The molecule has 2 atom stereocenters. The summed E-state index contributed by atoms with van der Waals surface area (Å²) in [4.78, 5) is 2.63. The molecule has 1 heterocycles. The number of hydrogen-bond donors (Lipinski definition) is 1. The quantitative estimate of drug-likeness (QED) is 0.874. The van der Waals surface area contributed by atoms with E-state index in [0.29, 0.717) is 6.04 Å².